The van der Waals surface area contributed by atoms with Crippen LogP contribution in [0.1, 0.15) is 30.1 Å². The van der Waals surface area contributed by atoms with Crippen LogP contribution in [-0.2, 0) is 4.79 Å². The van der Waals surface area contributed by atoms with E-state index in [-0.39, 0.29) is 41.0 Å². The molecule has 1 aliphatic rings. The fourth-order valence-corrected chi connectivity index (χ4v) is 3.20. The number of carbonyl (C=O) groups excluding carboxylic acids is 2. The van der Waals surface area contributed by atoms with Crippen LogP contribution >= 0.6 is 11.6 Å². The van der Waals surface area contributed by atoms with Crippen LogP contribution < -0.4 is 20.9 Å². The summed E-state index contributed by atoms with van der Waals surface area (Å²) in [6.07, 6.45) is 1.94. The Kier molecular flexibility index (Phi) is 6.50. The molecule has 1 aromatic rings. The second kappa shape index (κ2) is 8.40. The number of nitrogens with two attached hydrogens (primary N) is 2. The van der Waals surface area contributed by atoms with E-state index in [4.69, 9.17) is 32.5 Å². The van der Waals surface area contributed by atoms with Gasteiger partial charge in [-0.3, -0.25) is 9.59 Å². The van der Waals surface area contributed by atoms with Gasteiger partial charge in [-0.1, -0.05) is 11.6 Å². The molecule has 0 aromatic heterocycles. The Balaban J connectivity index is 2.22. The molecule has 2 unspecified atom stereocenters. The number of methoxy groups -OCH3 is 1. The topological polar surface area (TPSA) is 108 Å². The summed E-state index contributed by atoms with van der Waals surface area (Å²) >= 11 is 6.21. The molecule has 0 bridgehead atoms. The summed E-state index contributed by atoms with van der Waals surface area (Å²) in [6, 6.07) is 3.11. The molecule has 25 heavy (non-hydrogen) atoms. The van der Waals surface area contributed by atoms with Crippen molar-refractivity contribution in [1.82, 2.24) is 4.90 Å². The van der Waals surface area contributed by atoms with Gasteiger partial charge in [0.15, 0.2) is 18.1 Å². The van der Waals surface area contributed by atoms with E-state index in [2.05, 4.69) is 0 Å². The number of primary amides is 1. The summed E-state index contributed by atoms with van der Waals surface area (Å²) in [5.74, 6) is -0.0155. The van der Waals surface area contributed by atoms with Crippen molar-refractivity contribution >= 4 is 23.4 Å². The first-order valence-corrected chi connectivity index (χ1v) is 8.54. The van der Waals surface area contributed by atoms with Crippen molar-refractivity contribution in [2.45, 2.75) is 25.8 Å². The average molecular weight is 370 g/mol. The Bertz CT molecular complexity index is 651. The molecule has 0 spiro atoms. The standard InChI is InChI=1S/C17H24ClN3O4/c1-10(19)11-4-3-5-21(8-11)17(23)12-6-13(18)16(14(7-12)24-2)25-9-15(20)22/h6-7,10-11H,3-5,8-9,19H2,1-2H3,(H2,20,22). The molecule has 1 saturated heterocycles. The van der Waals surface area contributed by atoms with Gasteiger partial charge in [0.05, 0.1) is 12.1 Å². The minimum absolute atomic E-state index is 0.0401. The van der Waals surface area contributed by atoms with E-state index < -0.39 is 5.91 Å². The lowest BCUT2D eigenvalue weighted by atomic mass is 9.92. The second-order valence-corrected chi connectivity index (χ2v) is 6.66. The van der Waals surface area contributed by atoms with Gasteiger partial charge in [0.2, 0.25) is 0 Å². The fourth-order valence-electron chi connectivity index (χ4n) is 2.93. The van der Waals surface area contributed by atoms with Gasteiger partial charge in [0.1, 0.15) is 0 Å². The van der Waals surface area contributed by atoms with Crippen LogP contribution in [0.15, 0.2) is 12.1 Å². The number of amides is 2. The van der Waals surface area contributed by atoms with Gasteiger partial charge in [-0.05, 0) is 37.8 Å². The summed E-state index contributed by atoms with van der Waals surface area (Å²) in [7, 11) is 1.43. The third-order valence-corrected chi connectivity index (χ3v) is 4.60. The predicted octanol–water partition coefficient (Wildman–Crippen LogP) is 1.41. The Labute approximate surface area is 152 Å². The molecule has 138 valence electrons. The highest BCUT2D eigenvalue weighted by molar-refractivity contribution is 6.32. The molecule has 4 N–H and O–H groups in total. The van der Waals surface area contributed by atoms with E-state index in [0.717, 1.165) is 12.8 Å². The third kappa shape index (κ3) is 4.76. The first-order chi connectivity index (χ1) is 11.8. The highest BCUT2D eigenvalue weighted by Crippen LogP contribution is 2.37. The molecule has 2 rings (SSSR count). The Morgan fingerprint density at radius 2 is 2.16 bits per heavy atom. The first-order valence-electron chi connectivity index (χ1n) is 8.17. The van der Waals surface area contributed by atoms with Gasteiger partial charge in [0.25, 0.3) is 11.8 Å². The second-order valence-electron chi connectivity index (χ2n) is 6.26. The van der Waals surface area contributed by atoms with Crippen LogP contribution in [0.4, 0.5) is 0 Å². The van der Waals surface area contributed by atoms with Crippen molar-refractivity contribution < 1.29 is 19.1 Å². The maximum absolute atomic E-state index is 12.8. The molecule has 7 nitrogen and oxygen atoms in total. The normalized spacial score (nSPS) is 18.6. The van der Waals surface area contributed by atoms with Gasteiger partial charge < -0.3 is 25.8 Å². The number of likely N-dealkylation sites (tertiary alicyclic amines) is 1. The van der Waals surface area contributed by atoms with Crippen molar-refractivity contribution in [3.8, 4) is 11.5 Å². The molecule has 0 aliphatic carbocycles. The number of carbonyl (C=O) groups is 2. The number of hydrogen-bond acceptors (Lipinski definition) is 5. The molecule has 1 heterocycles. The van der Waals surface area contributed by atoms with Crippen molar-refractivity contribution in [1.29, 1.82) is 0 Å². The number of halogens is 1. The highest BCUT2D eigenvalue weighted by Gasteiger charge is 2.27. The number of rotatable bonds is 6. The molecule has 2 amide bonds. The molecule has 1 fully saturated rings. The van der Waals surface area contributed by atoms with E-state index >= 15 is 0 Å². The zero-order valence-corrected chi connectivity index (χ0v) is 15.2. The Hall–Kier alpha value is -1.99. The minimum atomic E-state index is -0.631. The molecule has 0 radical (unpaired) electrons. The Morgan fingerprint density at radius 3 is 2.76 bits per heavy atom. The van der Waals surface area contributed by atoms with Crippen LogP contribution in [0, 0.1) is 5.92 Å². The van der Waals surface area contributed by atoms with Gasteiger partial charge in [-0.2, -0.15) is 0 Å². The molecule has 0 saturated carbocycles. The molecule has 1 aromatic carbocycles. The SMILES string of the molecule is COc1cc(C(=O)N2CCCC(C(C)N)C2)cc(Cl)c1OCC(N)=O. The summed E-state index contributed by atoms with van der Waals surface area (Å²) in [4.78, 5) is 25.5. The van der Waals surface area contributed by atoms with Crippen molar-refractivity contribution in [3.63, 3.8) is 0 Å². The van der Waals surface area contributed by atoms with E-state index in [9.17, 15) is 9.59 Å². The maximum atomic E-state index is 12.8. The van der Waals surface area contributed by atoms with E-state index in [1.54, 1.807) is 11.0 Å². The van der Waals surface area contributed by atoms with Gasteiger partial charge in [0, 0.05) is 24.7 Å². The molecule has 2 atom stereocenters. The fraction of sp³-hybridized carbons (Fsp3) is 0.529. The average Bonchev–Trinajstić information content (AvgIpc) is 2.59. The number of ether oxygens (including phenoxy) is 2. The van der Waals surface area contributed by atoms with Crippen molar-refractivity contribution in [2.24, 2.45) is 17.4 Å². The monoisotopic (exact) mass is 369 g/mol. The zero-order chi connectivity index (χ0) is 18.6. The largest absolute Gasteiger partial charge is 0.493 e. The lowest BCUT2D eigenvalue weighted by Gasteiger charge is -2.34. The summed E-state index contributed by atoms with van der Waals surface area (Å²) in [5, 5.41) is 0.185. The van der Waals surface area contributed by atoms with Crippen LogP contribution in [0.5, 0.6) is 11.5 Å². The summed E-state index contributed by atoms with van der Waals surface area (Å²) < 4.78 is 10.5. The number of piperidine rings is 1. The predicted molar refractivity (Wildman–Crippen MR) is 95.0 cm³/mol. The summed E-state index contributed by atoms with van der Waals surface area (Å²) in [5.41, 5.74) is 11.5. The van der Waals surface area contributed by atoms with E-state index in [1.807, 2.05) is 6.92 Å². The molecular formula is C17H24ClN3O4. The number of nitrogens with zero attached hydrogens (tertiary/aromatic N) is 1. The van der Waals surface area contributed by atoms with Gasteiger partial charge in [-0.25, -0.2) is 0 Å². The Morgan fingerprint density at radius 1 is 1.44 bits per heavy atom. The van der Waals surface area contributed by atoms with Crippen LogP contribution in [0.2, 0.25) is 5.02 Å². The van der Waals surface area contributed by atoms with Crippen molar-refractivity contribution in [2.75, 3.05) is 26.8 Å². The number of benzene rings is 1. The van der Waals surface area contributed by atoms with Crippen LogP contribution in [0.3, 0.4) is 0 Å². The summed E-state index contributed by atoms with van der Waals surface area (Å²) in [6.45, 7) is 2.94. The van der Waals surface area contributed by atoms with Crippen molar-refractivity contribution in [3.05, 3.63) is 22.7 Å². The zero-order valence-electron chi connectivity index (χ0n) is 14.5. The maximum Gasteiger partial charge on any atom is 0.255 e. The number of hydrogen-bond donors (Lipinski definition) is 2. The van der Waals surface area contributed by atoms with Gasteiger partial charge in [-0.15, -0.1) is 0 Å². The van der Waals surface area contributed by atoms with E-state index in [0.29, 0.717) is 18.7 Å². The molecule has 8 heteroatoms. The molecule has 1 aliphatic heterocycles. The third-order valence-electron chi connectivity index (χ3n) is 4.32. The van der Waals surface area contributed by atoms with Gasteiger partial charge >= 0.3 is 0 Å². The first kappa shape index (κ1) is 19.3. The van der Waals surface area contributed by atoms with Crippen LogP contribution in [0.25, 0.3) is 0 Å². The lowest BCUT2D eigenvalue weighted by molar-refractivity contribution is -0.119. The van der Waals surface area contributed by atoms with E-state index in [1.165, 1.54) is 13.2 Å². The smallest absolute Gasteiger partial charge is 0.255 e. The lowest BCUT2D eigenvalue weighted by Crippen LogP contribution is -2.45. The quantitative estimate of drug-likeness (QED) is 0.788. The minimum Gasteiger partial charge on any atom is -0.493 e. The highest BCUT2D eigenvalue weighted by atomic mass is 35.5. The van der Waals surface area contributed by atoms with Crippen LogP contribution in [-0.4, -0.2) is 49.6 Å². The molecular weight excluding hydrogens is 346 g/mol.